The molecule has 0 radical (unpaired) electrons. The zero-order valence-electron chi connectivity index (χ0n) is 18.8. The van der Waals surface area contributed by atoms with E-state index in [0.29, 0.717) is 11.8 Å². The molecule has 0 atom stereocenters. The lowest BCUT2D eigenvalue weighted by Gasteiger charge is -2.27. The minimum atomic E-state index is 0.496. The number of anilines is 1. The lowest BCUT2D eigenvalue weighted by Crippen LogP contribution is -2.35. The minimum absolute atomic E-state index is 0.496. The summed E-state index contributed by atoms with van der Waals surface area (Å²) in [7, 11) is 0. The normalized spacial score (nSPS) is 14.0. The van der Waals surface area contributed by atoms with Crippen molar-refractivity contribution in [2.24, 2.45) is 0 Å². The van der Waals surface area contributed by atoms with Gasteiger partial charge in [-0.1, -0.05) is 66.7 Å². The van der Waals surface area contributed by atoms with Gasteiger partial charge in [-0.25, -0.2) is 4.98 Å². The van der Waals surface area contributed by atoms with E-state index in [4.69, 9.17) is 14.5 Å². The van der Waals surface area contributed by atoms with Gasteiger partial charge in [0, 0.05) is 41.7 Å². The summed E-state index contributed by atoms with van der Waals surface area (Å²) in [6.07, 6.45) is 0. The van der Waals surface area contributed by atoms with Crippen molar-refractivity contribution in [3.8, 4) is 22.9 Å². The van der Waals surface area contributed by atoms with E-state index in [1.165, 1.54) is 11.9 Å². The number of nitrogens with zero attached hydrogens (tertiary/aromatic N) is 3. The maximum absolute atomic E-state index is 6.35. The molecule has 1 saturated heterocycles. The number of benzene rings is 3. The van der Waals surface area contributed by atoms with Gasteiger partial charge in [-0.3, -0.25) is 9.62 Å². The van der Waals surface area contributed by atoms with E-state index in [-0.39, 0.29) is 0 Å². The fourth-order valence-electron chi connectivity index (χ4n) is 3.72. The van der Waals surface area contributed by atoms with Crippen LogP contribution in [0.2, 0.25) is 0 Å². The third-order valence-electron chi connectivity index (χ3n) is 5.46. The summed E-state index contributed by atoms with van der Waals surface area (Å²) in [6.45, 7) is 4.19. The van der Waals surface area contributed by atoms with Gasteiger partial charge in [0.05, 0.1) is 18.9 Å². The second-order valence-electron chi connectivity index (χ2n) is 7.90. The maximum Gasteiger partial charge on any atom is 0.237 e. The highest BCUT2D eigenvalue weighted by atomic mass is 32.2. The van der Waals surface area contributed by atoms with Crippen LogP contribution in [0.3, 0.4) is 0 Å². The standard InChI is InChI=1S/C27H26N4O2S/c1-3-9-21(10-4-1)24-19-26(29-27(28-24)30-34-23-12-5-2-6-13-23)33-25-14-8-7-11-22(25)20-31-15-17-32-18-16-31/h1-14,19H,15-18,20H2,(H,28,29,30). The minimum Gasteiger partial charge on any atom is -0.439 e. The predicted molar refractivity (Wildman–Crippen MR) is 136 cm³/mol. The van der Waals surface area contributed by atoms with Crippen molar-refractivity contribution in [1.82, 2.24) is 14.9 Å². The van der Waals surface area contributed by atoms with Gasteiger partial charge in [-0.05, 0) is 30.1 Å². The lowest BCUT2D eigenvalue weighted by atomic mass is 10.1. The van der Waals surface area contributed by atoms with Gasteiger partial charge in [-0.2, -0.15) is 4.98 Å². The third-order valence-corrected chi connectivity index (χ3v) is 6.25. The fraction of sp³-hybridized carbons (Fsp3) is 0.185. The zero-order valence-corrected chi connectivity index (χ0v) is 19.6. The molecule has 2 heterocycles. The first-order valence-electron chi connectivity index (χ1n) is 11.3. The molecule has 3 aromatic carbocycles. The molecule has 6 nitrogen and oxygen atoms in total. The molecule has 1 aliphatic heterocycles. The number of morpholine rings is 1. The summed E-state index contributed by atoms with van der Waals surface area (Å²) in [6, 6.07) is 30.2. The number of ether oxygens (including phenoxy) is 2. The molecular weight excluding hydrogens is 444 g/mol. The quantitative estimate of drug-likeness (QED) is 0.322. The zero-order chi connectivity index (χ0) is 23.0. The molecule has 5 rings (SSSR count). The Morgan fingerprint density at radius 3 is 2.35 bits per heavy atom. The van der Waals surface area contributed by atoms with Crippen LogP contribution in [0.15, 0.2) is 95.9 Å². The van der Waals surface area contributed by atoms with Crippen molar-refractivity contribution < 1.29 is 9.47 Å². The summed E-state index contributed by atoms with van der Waals surface area (Å²) >= 11 is 1.47. The predicted octanol–water partition coefficient (Wildman–Crippen LogP) is 5.89. The Kier molecular flexibility index (Phi) is 7.35. The number of hydrogen-bond donors (Lipinski definition) is 1. The first-order valence-corrected chi connectivity index (χ1v) is 12.1. The van der Waals surface area contributed by atoms with Gasteiger partial charge in [0.15, 0.2) is 0 Å². The highest BCUT2D eigenvalue weighted by Crippen LogP contribution is 2.30. The molecule has 0 aliphatic carbocycles. The maximum atomic E-state index is 6.35. The van der Waals surface area contributed by atoms with E-state index in [0.717, 1.165) is 60.3 Å². The van der Waals surface area contributed by atoms with Gasteiger partial charge in [0.2, 0.25) is 11.8 Å². The van der Waals surface area contributed by atoms with E-state index in [9.17, 15) is 0 Å². The number of para-hydroxylation sites is 1. The highest BCUT2D eigenvalue weighted by Gasteiger charge is 2.15. The Balaban J connectivity index is 1.41. The van der Waals surface area contributed by atoms with E-state index in [2.05, 4.69) is 20.7 Å². The van der Waals surface area contributed by atoms with E-state index < -0.39 is 0 Å². The summed E-state index contributed by atoms with van der Waals surface area (Å²) in [5, 5.41) is 0. The molecule has 4 aromatic rings. The molecule has 1 aliphatic rings. The monoisotopic (exact) mass is 470 g/mol. The van der Waals surface area contributed by atoms with Gasteiger partial charge in [0.25, 0.3) is 0 Å². The van der Waals surface area contributed by atoms with Crippen molar-refractivity contribution in [3.63, 3.8) is 0 Å². The lowest BCUT2D eigenvalue weighted by molar-refractivity contribution is 0.0339. The first kappa shape index (κ1) is 22.4. The summed E-state index contributed by atoms with van der Waals surface area (Å²) < 4.78 is 15.1. The third kappa shape index (κ3) is 5.94. The average Bonchev–Trinajstić information content (AvgIpc) is 2.90. The van der Waals surface area contributed by atoms with Crippen molar-refractivity contribution in [1.29, 1.82) is 0 Å². The Hall–Kier alpha value is -3.39. The Bertz CT molecular complexity index is 1200. The van der Waals surface area contributed by atoms with Crippen molar-refractivity contribution in [2.75, 3.05) is 31.0 Å². The highest BCUT2D eigenvalue weighted by molar-refractivity contribution is 8.00. The van der Waals surface area contributed by atoms with Crippen LogP contribution in [0.5, 0.6) is 11.6 Å². The second-order valence-corrected chi connectivity index (χ2v) is 8.78. The number of aromatic nitrogens is 2. The van der Waals surface area contributed by atoms with Gasteiger partial charge in [-0.15, -0.1) is 0 Å². The molecule has 34 heavy (non-hydrogen) atoms. The molecule has 0 amide bonds. The molecule has 0 bridgehead atoms. The topological polar surface area (TPSA) is 59.5 Å². The smallest absolute Gasteiger partial charge is 0.237 e. The van der Waals surface area contributed by atoms with E-state index >= 15 is 0 Å². The van der Waals surface area contributed by atoms with Gasteiger partial charge < -0.3 is 9.47 Å². The van der Waals surface area contributed by atoms with Crippen molar-refractivity contribution in [3.05, 3.63) is 96.6 Å². The average molecular weight is 471 g/mol. The van der Waals surface area contributed by atoms with Crippen LogP contribution >= 0.6 is 11.9 Å². The van der Waals surface area contributed by atoms with Crippen molar-refractivity contribution in [2.45, 2.75) is 11.4 Å². The Morgan fingerprint density at radius 1 is 0.853 bits per heavy atom. The fourth-order valence-corrected chi connectivity index (χ4v) is 4.31. The van der Waals surface area contributed by atoms with Crippen LogP contribution in [0, 0.1) is 0 Å². The van der Waals surface area contributed by atoms with Crippen LogP contribution in [-0.4, -0.2) is 41.2 Å². The molecule has 0 spiro atoms. The molecule has 1 N–H and O–H groups in total. The Morgan fingerprint density at radius 2 is 1.56 bits per heavy atom. The molecule has 0 unspecified atom stereocenters. The van der Waals surface area contributed by atoms with Crippen LogP contribution in [0.25, 0.3) is 11.3 Å². The molecule has 1 fully saturated rings. The van der Waals surface area contributed by atoms with Crippen LogP contribution < -0.4 is 9.46 Å². The van der Waals surface area contributed by atoms with Crippen LogP contribution in [0.4, 0.5) is 5.95 Å². The van der Waals surface area contributed by atoms with Crippen LogP contribution in [-0.2, 0) is 11.3 Å². The number of rotatable bonds is 8. The number of hydrogen-bond acceptors (Lipinski definition) is 7. The molecule has 7 heteroatoms. The van der Waals surface area contributed by atoms with E-state index in [1.54, 1.807) is 0 Å². The van der Waals surface area contributed by atoms with Crippen molar-refractivity contribution >= 4 is 17.9 Å². The number of nitrogens with one attached hydrogen (secondary N) is 1. The summed E-state index contributed by atoms with van der Waals surface area (Å²) in [4.78, 5) is 12.8. The van der Waals surface area contributed by atoms with E-state index in [1.807, 2.05) is 84.9 Å². The van der Waals surface area contributed by atoms with Gasteiger partial charge >= 0.3 is 0 Å². The molecular formula is C27H26N4O2S. The largest absolute Gasteiger partial charge is 0.439 e. The Labute approximate surface area is 204 Å². The first-order chi connectivity index (χ1) is 16.8. The summed E-state index contributed by atoms with van der Waals surface area (Å²) in [5.41, 5.74) is 2.92. The molecule has 172 valence electrons. The van der Waals surface area contributed by atoms with Crippen LogP contribution in [0.1, 0.15) is 5.56 Å². The second kappa shape index (κ2) is 11.2. The molecule has 0 saturated carbocycles. The SMILES string of the molecule is c1ccc(SNc2nc(Oc3ccccc3CN3CCOCC3)cc(-c3ccccc3)n2)cc1. The van der Waals surface area contributed by atoms with Gasteiger partial charge in [0.1, 0.15) is 5.75 Å². The summed E-state index contributed by atoms with van der Waals surface area (Å²) in [5.74, 6) is 1.80. The molecule has 1 aromatic heterocycles.